The third-order valence-electron chi connectivity index (χ3n) is 2.69. The zero-order valence-electron chi connectivity index (χ0n) is 10.6. The number of halogens is 3. The Balaban J connectivity index is 2.40. The van der Waals surface area contributed by atoms with Crippen molar-refractivity contribution < 1.29 is 12.8 Å². The average molecular weight is 394 g/mol. The van der Waals surface area contributed by atoms with Gasteiger partial charge in [0.25, 0.3) is 10.0 Å². The van der Waals surface area contributed by atoms with Gasteiger partial charge in [0.05, 0.1) is 15.2 Å². The van der Waals surface area contributed by atoms with Crippen LogP contribution in [0.4, 0.5) is 10.1 Å². The molecular weight excluding hydrogens is 383 g/mol. The lowest BCUT2D eigenvalue weighted by Crippen LogP contribution is -2.14. The predicted octanol–water partition coefficient (Wildman–Crippen LogP) is 3.50. The fourth-order valence-corrected chi connectivity index (χ4v) is 3.50. The summed E-state index contributed by atoms with van der Waals surface area (Å²) in [6, 6.07) is 8.40. The maximum atomic E-state index is 13.4. The highest BCUT2D eigenvalue weighted by molar-refractivity contribution is 9.10. The fraction of sp³-hybridized carbons (Fsp3) is 0.0769. The van der Waals surface area contributed by atoms with Crippen LogP contribution in [0.25, 0.3) is 0 Å². The molecule has 2 rings (SSSR count). The Morgan fingerprint density at radius 3 is 2.57 bits per heavy atom. The second-order valence-corrected chi connectivity index (χ2v) is 7.12. The van der Waals surface area contributed by atoms with Crippen LogP contribution in [-0.2, 0) is 16.6 Å². The lowest BCUT2D eigenvalue weighted by Gasteiger charge is -2.11. The highest BCUT2D eigenvalue weighted by Crippen LogP contribution is 2.26. The molecule has 0 radical (unpaired) electrons. The van der Waals surface area contributed by atoms with Crippen molar-refractivity contribution >= 4 is 43.2 Å². The number of nitrogens with one attached hydrogen (secondary N) is 1. The van der Waals surface area contributed by atoms with Gasteiger partial charge in [-0.3, -0.25) is 4.72 Å². The molecule has 0 saturated carbocycles. The van der Waals surface area contributed by atoms with E-state index in [1.165, 1.54) is 24.3 Å². The normalized spacial score (nSPS) is 11.4. The summed E-state index contributed by atoms with van der Waals surface area (Å²) in [5.74, 6) is -0.572. The molecule has 3 N–H and O–H groups in total. The van der Waals surface area contributed by atoms with Crippen LogP contribution in [0.3, 0.4) is 0 Å². The Morgan fingerprint density at radius 2 is 1.95 bits per heavy atom. The lowest BCUT2D eigenvalue weighted by molar-refractivity contribution is 0.601. The molecule has 2 aromatic carbocycles. The average Bonchev–Trinajstić information content (AvgIpc) is 2.43. The smallest absolute Gasteiger partial charge is 0.263 e. The van der Waals surface area contributed by atoms with Gasteiger partial charge in [-0.15, -0.1) is 0 Å². The first kappa shape index (κ1) is 16.2. The first-order chi connectivity index (χ1) is 9.83. The summed E-state index contributed by atoms with van der Waals surface area (Å²) in [5.41, 5.74) is 6.22. The van der Waals surface area contributed by atoms with Gasteiger partial charge in [0.1, 0.15) is 10.7 Å². The molecule has 21 heavy (non-hydrogen) atoms. The van der Waals surface area contributed by atoms with E-state index >= 15 is 0 Å². The molecule has 0 spiro atoms. The van der Waals surface area contributed by atoms with E-state index < -0.39 is 15.8 Å². The third-order valence-corrected chi connectivity index (χ3v) is 5.20. The van der Waals surface area contributed by atoms with Gasteiger partial charge in [-0.05, 0) is 51.8 Å². The van der Waals surface area contributed by atoms with Gasteiger partial charge < -0.3 is 5.73 Å². The van der Waals surface area contributed by atoms with Crippen molar-refractivity contribution in [2.24, 2.45) is 5.73 Å². The topological polar surface area (TPSA) is 72.2 Å². The number of benzene rings is 2. The number of nitrogens with two attached hydrogens (primary N) is 1. The minimum absolute atomic E-state index is 0.0669. The lowest BCUT2D eigenvalue weighted by atomic mass is 10.2. The SMILES string of the molecule is NCc1ccc(Cl)c(S(=O)(=O)Nc2ccc(Br)c(F)c2)c1. The molecule has 0 aromatic heterocycles. The highest BCUT2D eigenvalue weighted by Gasteiger charge is 2.19. The molecule has 112 valence electrons. The molecule has 0 aliphatic carbocycles. The van der Waals surface area contributed by atoms with E-state index in [1.807, 2.05) is 0 Å². The van der Waals surface area contributed by atoms with E-state index in [0.29, 0.717) is 5.56 Å². The van der Waals surface area contributed by atoms with Crippen LogP contribution in [0.5, 0.6) is 0 Å². The largest absolute Gasteiger partial charge is 0.326 e. The van der Waals surface area contributed by atoms with Crippen molar-refractivity contribution in [1.82, 2.24) is 0 Å². The maximum Gasteiger partial charge on any atom is 0.263 e. The summed E-state index contributed by atoms with van der Waals surface area (Å²) in [4.78, 5) is -0.101. The Bertz CT molecular complexity index is 784. The van der Waals surface area contributed by atoms with Crippen LogP contribution in [-0.4, -0.2) is 8.42 Å². The molecule has 8 heteroatoms. The Labute approximate surface area is 135 Å². The van der Waals surface area contributed by atoms with Crippen molar-refractivity contribution in [1.29, 1.82) is 0 Å². The standard InChI is InChI=1S/C13H11BrClFN2O2S/c14-10-3-2-9(6-12(10)16)18-21(19,20)13-5-8(7-17)1-4-11(13)15/h1-6,18H,7,17H2. The van der Waals surface area contributed by atoms with Crippen LogP contribution in [0, 0.1) is 5.82 Å². The summed E-state index contributed by atoms with van der Waals surface area (Å²) in [6.45, 7) is 0.187. The number of hydrogen-bond donors (Lipinski definition) is 2. The van der Waals surface area contributed by atoms with Crippen molar-refractivity contribution in [2.75, 3.05) is 4.72 Å². The monoisotopic (exact) mass is 392 g/mol. The molecular formula is C13H11BrClFN2O2S. The van der Waals surface area contributed by atoms with Crippen molar-refractivity contribution in [2.45, 2.75) is 11.4 Å². The van der Waals surface area contributed by atoms with E-state index in [4.69, 9.17) is 17.3 Å². The van der Waals surface area contributed by atoms with Crippen LogP contribution < -0.4 is 10.5 Å². The minimum Gasteiger partial charge on any atom is -0.326 e. The van der Waals surface area contributed by atoms with E-state index in [2.05, 4.69) is 20.7 Å². The Hall–Kier alpha value is -1.15. The number of anilines is 1. The third kappa shape index (κ3) is 3.74. The van der Waals surface area contributed by atoms with Crippen LogP contribution >= 0.6 is 27.5 Å². The van der Waals surface area contributed by atoms with Crippen molar-refractivity contribution in [3.8, 4) is 0 Å². The van der Waals surface area contributed by atoms with Crippen molar-refractivity contribution in [3.63, 3.8) is 0 Å². The van der Waals surface area contributed by atoms with E-state index in [-0.39, 0.29) is 26.6 Å². The Morgan fingerprint density at radius 1 is 1.24 bits per heavy atom. The second-order valence-electron chi connectivity index (χ2n) is 4.20. The first-order valence-corrected chi connectivity index (χ1v) is 8.45. The van der Waals surface area contributed by atoms with E-state index in [9.17, 15) is 12.8 Å². The molecule has 0 aliphatic heterocycles. The molecule has 0 amide bonds. The first-order valence-electron chi connectivity index (χ1n) is 5.80. The zero-order chi connectivity index (χ0) is 15.6. The van der Waals surface area contributed by atoms with Crippen LogP contribution in [0.15, 0.2) is 45.8 Å². The highest BCUT2D eigenvalue weighted by atomic mass is 79.9. The van der Waals surface area contributed by atoms with Gasteiger partial charge in [-0.1, -0.05) is 17.7 Å². The maximum absolute atomic E-state index is 13.4. The summed E-state index contributed by atoms with van der Waals surface area (Å²) in [5, 5.41) is 0.0669. The number of hydrogen-bond acceptors (Lipinski definition) is 3. The molecule has 0 unspecified atom stereocenters. The molecule has 0 fully saturated rings. The van der Waals surface area contributed by atoms with E-state index in [1.54, 1.807) is 6.07 Å². The Kier molecular flexibility index (Phi) is 4.88. The quantitative estimate of drug-likeness (QED) is 0.835. The molecule has 0 heterocycles. The van der Waals surface area contributed by atoms with Gasteiger partial charge in [0.15, 0.2) is 0 Å². The van der Waals surface area contributed by atoms with Gasteiger partial charge >= 0.3 is 0 Å². The summed E-state index contributed by atoms with van der Waals surface area (Å²) < 4.78 is 40.6. The molecule has 0 aliphatic rings. The molecule has 0 atom stereocenters. The van der Waals surface area contributed by atoms with Gasteiger partial charge in [-0.2, -0.15) is 0 Å². The van der Waals surface area contributed by atoms with Gasteiger partial charge in [0.2, 0.25) is 0 Å². The van der Waals surface area contributed by atoms with Crippen molar-refractivity contribution in [3.05, 3.63) is 57.3 Å². The van der Waals surface area contributed by atoms with Gasteiger partial charge in [0, 0.05) is 6.54 Å². The molecule has 0 bridgehead atoms. The molecule has 0 saturated heterocycles. The van der Waals surface area contributed by atoms with Crippen LogP contribution in [0.2, 0.25) is 5.02 Å². The molecule has 4 nitrogen and oxygen atoms in total. The fourth-order valence-electron chi connectivity index (χ4n) is 1.65. The summed E-state index contributed by atoms with van der Waals surface area (Å²) >= 11 is 8.92. The van der Waals surface area contributed by atoms with Crippen LogP contribution in [0.1, 0.15) is 5.56 Å². The van der Waals surface area contributed by atoms with Gasteiger partial charge in [-0.25, -0.2) is 12.8 Å². The van der Waals surface area contributed by atoms with E-state index in [0.717, 1.165) is 6.07 Å². The number of rotatable bonds is 4. The summed E-state index contributed by atoms with van der Waals surface area (Å²) in [6.07, 6.45) is 0. The molecule has 2 aromatic rings. The summed E-state index contributed by atoms with van der Waals surface area (Å²) in [7, 11) is -3.93. The second kappa shape index (κ2) is 6.31. The minimum atomic E-state index is -3.93. The zero-order valence-corrected chi connectivity index (χ0v) is 13.8. The number of sulfonamides is 1. The predicted molar refractivity (Wildman–Crippen MR) is 84.3 cm³/mol.